The predicted molar refractivity (Wildman–Crippen MR) is 113 cm³/mol. The Morgan fingerprint density at radius 3 is 2.69 bits per heavy atom. The van der Waals surface area contributed by atoms with E-state index in [-0.39, 0.29) is 5.91 Å². The number of hydrogen-bond donors (Lipinski definition) is 1. The van der Waals surface area contributed by atoms with Crippen LogP contribution in [0.5, 0.6) is 5.75 Å². The Morgan fingerprint density at radius 1 is 1.03 bits per heavy atom. The van der Waals surface area contributed by atoms with Crippen molar-refractivity contribution >= 4 is 16.7 Å². The SMILES string of the molecule is Cc1cccc(-n2nnc(C(=O)NCCOc3cccc4ccccc34)c2C)c1. The van der Waals surface area contributed by atoms with Crippen molar-refractivity contribution in [2.75, 3.05) is 13.2 Å². The summed E-state index contributed by atoms with van der Waals surface area (Å²) >= 11 is 0. The third kappa shape index (κ3) is 3.96. The summed E-state index contributed by atoms with van der Waals surface area (Å²) < 4.78 is 7.54. The number of hydrogen-bond acceptors (Lipinski definition) is 4. The normalized spacial score (nSPS) is 10.8. The molecular weight excluding hydrogens is 364 g/mol. The second kappa shape index (κ2) is 8.14. The quantitative estimate of drug-likeness (QED) is 0.511. The van der Waals surface area contributed by atoms with Crippen molar-refractivity contribution in [2.24, 2.45) is 0 Å². The van der Waals surface area contributed by atoms with Crippen molar-refractivity contribution in [1.82, 2.24) is 20.3 Å². The summed E-state index contributed by atoms with van der Waals surface area (Å²) in [6, 6.07) is 21.9. The highest BCUT2D eigenvalue weighted by Crippen LogP contribution is 2.24. The van der Waals surface area contributed by atoms with Crippen LogP contribution >= 0.6 is 0 Å². The summed E-state index contributed by atoms with van der Waals surface area (Å²) in [5.41, 5.74) is 3.02. The average Bonchev–Trinajstić information content (AvgIpc) is 3.12. The van der Waals surface area contributed by atoms with E-state index in [1.807, 2.05) is 80.6 Å². The second-order valence-electron chi connectivity index (χ2n) is 6.86. The minimum atomic E-state index is -0.261. The molecule has 6 nitrogen and oxygen atoms in total. The van der Waals surface area contributed by atoms with Gasteiger partial charge in [-0.05, 0) is 43.0 Å². The van der Waals surface area contributed by atoms with E-state index in [0.717, 1.165) is 27.8 Å². The highest BCUT2D eigenvalue weighted by atomic mass is 16.5. The summed E-state index contributed by atoms with van der Waals surface area (Å²) in [5, 5.41) is 13.2. The molecule has 0 aliphatic rings. The zero-order chi connectivity index (χ0) is 20.2. The van der Waals surface area contributed by atoms with Gasteiger partial charge < -0.3 is 10.1 Å². The number of aromatic nitrogens is 3. The van der Waals surface area contributed by atoms with Gasteiger partial charge in [-0.25, -0.2) is 4.68 Å². The van der Waals surface area contributed by atoms with Gasteiger partial charge in [0.15, 0.2) is 5.69 Å². The monoisotopic (exact) mass is 386 g/mol. The van der Waals surface area contributed by atoms with Crippen molar-refractivity contribution in [3.8, 4) is 11.4 Å². The fraction of sp³-hybridized carbons (Fsp3) is 0.174. The summed E-state index contributed by atoms with van der Waals surface area (Å²) in [6.07, 6.45) is 0. The summed E-state index contributed by atoms with van der Waals surface area (Å²) in [5.74, 6) is 0.543. The number of aryl methyl sites for hydroxylation is 1. The van der Waals surface area contributed by atoms with Crippen LogP contribution < -0.4 is 10.1 Å². The molecule has 0 spiro atoms. The Balaban J connectivity index is 1.38. The largest absolute Gasteiger partial charge is 0.491 e. The molecular formula is C23H22N4O2. The minimum Gasteiger partial charge on any atom is -0.491 e. The third-order valence-electron chi connectivity index (χ3n) is 4.75. The first kappa shape index (κ1) is 18.7. The first-order valence-corrected chi connectivity index (χ1v) is 9.51. The number of amides is 1. The molecule has 1 amide bonds. The van der Waals surface area contributed by atoms with Gasteiger partial charge in [0.05, 0.1) is 17.9 Å². The van der Waals surface area contributed by atoms with Crippen LogP contribution in [-0.4, -0.2) is 34.1 Å². The molecule has 4 rings (SSSR count). The van der Waals surface area contributed by atoms with Crippen LogP contribution in [0.15, 0.2) is 66.7 Å². The zero-order valence-corrected chi connectivity index (χ0v) is 16.4. The fourth-order valence-electron chi connectivity index (χ4n) is 3.27. The maximum absolute atomic E-state index is 12.5. The van der Waals surface area contributed by atoms with E-state index in [0.29, 0.717) is 24.5 Å². The molecule has 3 aromatic carbocycles. The molecule has 146 valence electrons. The van der Waals surface area contributed by atoms with Gasteiger partial charge in [0.1, 0.15) is 12.4 Å². The highest BCUT2D eigenvalue weighted by molar-refractivity contribution is 5.93. The molecule has 0 fully saturated rings. The number of nitrogens with zero attached hydrogens (tertiary/aromatic N) is 3. The number of nitrogens with one attached hydrogen (secondary N) is 1. The zero-order valence-electron chi connectivity index (χ0n) is 16.4. The fourth-order valence-corrected chi connectivity index (χ4v) is 3.27. The molecule has 0 bridgehead atoms. The number of ether oxygens (including phenoxy) is 1. The molecule has 1 heterocycles. The Kier molecular flexibility index (Phi) is 5.24. The van der Waals surface area contributed by atoms with Gasteiger partial charge >= 0.3 is 0 Å². The lowest BCUT2D eigenvalue weighted by Gasteiger charge is -2.10. The van der Waals surface area contributed by atoms with Gasteiger partial charge in [-0.2, -0.15) is 0 Å². The standard InChI is InChI=1S/C23H22N4O2/c1-16-7-5-10-19(15-16)27-17(2)22(25-26-27)23(28)24-13-14-29-21-12-6-9-18-8-3-4-11-20(18)21/h3-12,15H,13-14H2,1-2H3,(H,24,28). The number of carbonyl (C=O) groups excluding carboxylic acids is 1. The molecule has 0 saturated heterocycles. The van der Waals surface area contributed by atoms with Crippen molar-refractivity contribution in [1.29, 1.82) is 0 Å². The molecule has 1 N–H and O–H groups in total. The Labute approximate surface area is 169 Å². The van der Waals surface area contributed by atoms with Crippen LogP contribution in [0.2, 0.25) is 0 Å². The summed E-state index contributed by atoms with van der Waals surface area (Å²) in [4.78, 5) is 12.5. The predicted octanol–water partition coefficient (Wildman–Crippen LogP) is 3.85. The van der Waals surface area contributed by atoms with E-state index in [2.05, 4.69) is 15.6 Å². The maximum atomic E-state index is 12.5. The van der Waals surface area contributed by atoms with Gasteiger partial charge in [-0.15, -0.1) is 5.10 Å². The van der Waals surface area contributed by atoms with Crippen LogP contribution in [0.3, 0.4) is 0 Å². The van der Waals surface area contributed by atoms with Crippen LogP contribution in [0, 0.1) is 13.8 Å². The lowest BCUT2D eigenvalue weighted by molar-refractivity contribution is 0.0941. The van der Waals surface area contributed by atoms with E-state index < -0.39 is 0 Å². The second-order valence-corrected chi connectivity index (χ2v) is 6.86. The smallest absolute Gasteiger partial charge is 0.273 e. The molecule has 0 atom stereocenters. The average molecular weight is 386 g/mol. The number of fused-ring (bicyclic) bond motifs is 1. The molecule has 0 saturated carbocycles. The molecule has 0 aliphatic carbocycles. The van der Waals surface area contributed by atoms with Crippen LogP contribution in [0.1, 0.15) is 21.7 Å². The maximum Gasteiger partial charge on any atom is 0.273 e. The van der Waals surface area contributed by atoms with Gasteiger partial charge in [0, 0.05) is 5.39 Å². The highest BCUT2D eigenvalue weighted by Gasteiger charge is 2.17. The Bertz CT molecular complexity index is 1160. The molecule has 1 aromatic heterocycles. The first-order chi connectivity index (χ1) is 14.1. The van der Waals surface area contributed by atoms with Crippen molar-refractivity contribution in [2.45, 2.75) is 13.8 Å². The van der Waals surface area contributed by atoms with Crippen molar-refractivity contribution < 1.29 is 9.53 Å². The van der Waals surface area contributed by atoms with Gasteiger partial charge in [0.25, 0.3) is 5.91 Å². The third-order valence-corrected chi connectivity index (χ3v) is 4.75. The first-order valence-electron chi connectivity index (χ1n) is 9.51. The van der Waals surface area contributed by atoms with E-state index in [1.54, 1.807) is 4.68 Å². The van der Waals surface area contributed by atoms with Crippen LogP contribution in [0.4, 0.5) is 0 Å². The summed E-state index contributed by atoms with van der Waals surface area (Å²) in [6.45, 7) is 4.59. The lowest BCUT2D eigenvalue weighted by Crippen LogP contribution is -2.29. The van der Waals surface area contributed by atoms with Crippen molar-refractivity contribution in [3.63, 3.8) is 0 Å². The summed E-state index contributed by atoms with van der Waals surface area (Å²) in [7, 11) is 0. The van der Waals surface area contributed by atoms with Gasteiger partial charge in [0.2, 0.25) is 0 Å². The van der Waals surface area contributed by atoms with Crippen LogP contribution in [0.25, 0.3) is 16.5 Å². The number of carbonyl (C=O) groups is 1. The molecule has 0 radical (unpaired) electrons. The Hall–Kier alpha value is -3.67. The number of rotatable bonds is 6. The van der Waals surface area contributed by atoms with E-state index in [4.69, 9.17) is 4.74 Å². The van der Waals surface area contributed by atoms with E-state index in [9.17, 15) is 4.79 Å². The minimum absolute atomic E-state index is 0.261. The molecule has 29 heavy (non-hydrogen) atoms. The van der Waals surface area contributed by atoms with Gasteiger partial charge in [-0.1, -0.05) is 53.7 Å². The molecule has 0 unspecified atom stereocenters. The molecule has 0 aliphatic heterocycles. The van der Waals surface area contributed by atoms with Crippen molar-refractivity contribution in [3.05, 3.63) is 83.7 Å². The molecule has 4 aromatic rings. The Morgan fingerprint density at radius 2 is 1.83 bits per heavy atom. The number of benzene rings is 3. The van der Waals surface area contributed by atoms with E-state index in [1.165, 1.54) is 0 Å². The van der Waals surface area contributed by atoms with Crippen LogP contribution in [-0.2, 0) is 0 Å². The lowest BCUT2D eigenvalue weighted by atomic mass is 10.1. The van der Waals surface area contributed by atoms with Gasteiger partial charge in [-0.3, -0.25) is 4.79 Å². The topological polar surface area (TPSA) is 69.0 Å². The molecule has 6 heteroatoms. The van der Waals surface area contributed by atoms with E-state index >= 15 is 0 Å².